The molecule has 4 nitrogen and oxygen atoms in total. The normalized spacial score (nSPS) is 29.1. The van der Waals surface area contributed by atoms with Crippen LogP contribution in [0, 0.1) is 23.7 Å². The van der Waals surface area contributed by atoms with E-state index in [0.717, 1.165) is 0 Å². The third kappa shape index (κ3) is 2.43. The van der Waals surface area contributed by atoms with E-state index in [1.807, 2.05) is 26.0 Å². The van der Waals surface area contributed by atoms with Crippen LogP contribution in [0.1, 0.15) is 20.3 Å². The molecule has 0 amide bonds. The Balaban J connectivity index is 2.98. The van der Waals surface area contributed by atoms with Crippen molar-refractivity contribution in [1.82, 2.24) is 0 Å². The number of carboxylic acids is 1. The fraction of sp³-hybridized carbons (Fsp3) is 0.667. The van der Waals surface area contributed by atoms with Gasteiger partial charge in [0.25, 0.3) is 0 Å². The summed E-state index contributed by atoms with van der Waals surface area (Å²) in [6, 6.07) is 0. The monoisotopic (exact) mass is 226 g/mol. The molecule has 90 valence electrons. The Morgan fingerprint density at radius 2 is 2.06 bits per heavy atom. The lowest BCUT2D eigenvalue weighted by Gasteiger charge is -2.32. The van der Waals surface area contributed by atoms with E-state index in [4.69, 9.17) is 0 Å². The molecule has 0 aromatic carbocycles. The molecular weight excluding hydrogens is 208 g/mol. The van der Waals surface area contributed by atoms with Gasteiger partial charge in [-0.25, -0.2) is 0 Å². The van der Waals surface area contributed by atoms with Gasteiger partial charge in [0.2, 0.25) is 0 Å². The van der Waals surface area contributed by atoms with Gasteiger partial charge >= 0.3 is 11.9 Å². The van der Waals surface area contributed by atoms with Crippen molar-refractivity contribution >= 4 is 11.9 Å². The molecular formula is C12H18O4. The van der Waals surface area contributed by atoms with Crippen LogP contribution in [-0.4, -0.2) is 24.2 Å². The maximum Gasteiger partial charge on any atom is 0.309 e. The van der Waals surface area contributed by atoms with Crippen molar-refractivity contribution in [1.29, 1.82) is 0 Å². The predicted molar refractivity (Wildman–Crippen MR) is 58.7 cm³/mol. The van der Waals surface area contributed by atoms with E-state index in [9.17, 15) is 14.7 Å². The van der Waals surface area contributed by atoms with E-state index < -0.39 is 23.8 Å². The zero-order valence-corrected chi connectivity index (χ0v) is 9.84. The zero-order chi connectivity index (χ0) is 12.3. The first-order chi connectivity index (χ1) is 7.49. The van der Waals surface area contributed by atoms with Gasteiger partial charge < -0.3 is 9.84 Å². The van der Waals surface area contributed by atoms with Crippen LogP contribution in [0.4, 0.5) is 0 Å². The van der Waals surface area contributed by atoms with Gasteiger partial charge in [-0.1, -0.05) is 26.0 Å². The molecule has 0 bridgehead atoms. The Labute approximate surface area is 95.3 Å². The summed E-state index contributed by atoms with van der Waals surface area (Å²) in [6.45, 7) is 3.93. The first-order valence-electron chi connectivity index (χ1n) is 5.46. The van der Waals surface area contributed by atoms with Gasteiger partial charge in [0.05, 0.1) is 18.9 Å². The molecule has 1 N–H and O–H groups in total. The number of allylic oxidation sites excluding steroid dienone is 2. The number of hydrogen-bond donors (Lipinski definition) is 1. The van der Waals surface area contributed by atoms with E-state index in [2.05, 4.69) is 4.74 Å². The van der Waals surface area contributed by atoms with Gasteiger partial charge in [-0.3, -0.25) is 9.59 Å². The lowest BCUT2D eigenvalue weighted by molar-refractivity contribution is -0.158. The van der Waals surface area contributed by atoms with Crippen molar-refractivity contribution in [2.45, 2.75) is 20.3 Å². The molecule has 0 spiro atoms. The maximum atomic E-state index is 11.5. The van der Waals surface area contributed by atoms with Crippen LogP contribution in [0.15, 0.2) is 12.2 Å². The van der Waals surface area contributed by atoms with Gasteiger partial charge in [-0.15, -0.1) is 0 Å². The highest BCUT2D eigenvalue weighted by molar-refractivity contribution is 5.82. The van der Waals surface area contributed by atoms with E-state index in [-0.39, 0.29) is 11.8 Å². The highest BCUT2D eigenvalue weighted by Crippen LogP contribution is 2.35. The summed E-state index contributed by atoms with van der Waals surface area (Å²) in [5.41, 5.74) is 0. The molecule has 0 aromatic heterocycles. The largest absolute Gasteiger partial charge is 0.481 e. The molecule has 0 saturated carbocycles. The van der Waals surface area contributed by atoms with Crippen molar-refractivity contribution in [2.75, 3.05) is 7.11 Å². The Hall–Kier alpha value is -1.32. The molecule has 3 atom stereocenters. The minimum atomic E-state index is -0.918. The topological polar surface area (TPSA) is 63.6 Å². The lowest BCUT2D eigenvalue weighted by Crippen LogP contribution is -2.39. The van der Waals surface area contributed by atoms with Crippen molar-refractivity contribution in [3.05, 3.63) is 12.2 Å². The molecule has 0 radical (unpaired) electrons. The zero-order valence-electron chi connectivity index (χ0n) is 9.84. The number of aliphatic carboxylic acids is 1. The van der Waals surface area contributed by atoms with Crippen molar-refractivity contribution in [2.24, 2.45) is 23.7 Å². The molecule has 1 aliphatic carbocycles. The molecule has 3 unspecified atom stereocenters. The van der Waals surface area contributed by atoms with E-state index in [1.54, 1.807) is 0 Å². The molecule has 0 aromatic rings. The second-order valence-electron chi connectivity index (χ2n) is 4.48. The van der Waals surface area contributed by atoms with Gasteiger partial charge in [-0.2, -0.15) is 0 Å². The summed E-state index contributed by atoms with van der Waals surface area (Å²) in [5.74, 6) is -2.47. The number of carbonyl (C=O) groups is 2. The second kappa shape index (κ2) is 5.14. The third-order valence-corrected chi connectivity index (χ3v) is 3.16. The number of hydrogen-bond acceptors (Lipinski definition) is 3. The summed E-state index contributed by atoms with van der Waals surface area (Å²) >= 11 is 0. The van der Waals surface area contributed by atoms with Crippen LogP contribution < -0.4 is 0 Å². The van der Waals surface area contributed by atoms with E-state index >= 15 is 0 Å². The molecule has 16 heavy (non-hydrogen) atoms. The molecule has 0 fully saturated rings. The van der Waals surface area contributed by atoms with Crippen LogP contribution >= 0.6 is 0 Å². The van der Waals surface area contributed by atoms with Crippen molar-refractivity contribution in [3.63, 3.8) is 0 Å². The second-order valence-corrected chi connectivity index (χ2v) is 4.48. The summed E-state index contributed by atoms with van der Waals surface area (Å²) in [6.07, 6.45) is 4.24. The fourth-order valence-corrected chi connectivity index (χ4v) is 2.28. The van der Waals surface area contributed by atoms with Crippen LogP contribution in [0.5, 0.6) is 0 Å². The van der Waals surface area contributed by atoms with Crippen LogP contribution in [-0.2, 0) is 14.3 Å². The molecule has 4 heteroatoms. The van der Waals surface area contributed by atoms with E-state index in [1.165, 1.54) is 7.11 Å². The molecule has 0 aliphatic heterocycles. The summed E-state index contributed by atoms with van der Waals surface area (Å²) in [7, 11) is 1.30. The van der Waals surface area contributed by atoms with Gasteiger partial charge in [0.15, 0.2) is 0 Å². The van der Waals surface area contributed by atoms with Crippen molar-refractivity contribution < 1.29 is 19.4 Å². The SMILES string of the molecule is COC(=O)C1CC=CC(C(C)C)C1C(=O)O. The number of esters is 1. The van der Waals surface area contributed by atoms with Crippen LogP contribution in [0.3, 0.4) is 0 Å². The Morgan fingerprint density at radius 3 is 2.50 bits per heavy atom. The predicted octanol–water partition coefficient (Wildman–Crippen LogP) is 1.71. The minimum absolute atomic E-state index is 0.102. The lowest BCUT2D eigenvalue weighted by atomic mass is 9.71. The molecule has 0 heterocycles. The van der Waals surface area contributed by atoms with Gasteiger partial charge in [-0.05, 0) is 18.3 Å². The molecule has 1 rings (SSSR count). The first-order valence-corrected chi connectivity index (χ1v) is 5.46. The highest BCUT2D eigenvalue weighted by Gasteiger charge is 2.41. The minimum Gasteiger partial charge on any atom is -0.481 e. The summed E-state index contributed by atoms with van der Waals surface area (Å²) in [4.78, 5) is 22.8. The Bertz CT molecular complexity index is 306. The highest BCUT2D eigenvalue weighted by atomic mass is 16.5. The van der Waals surface area contributed by atoms with Gasteiger partial charge in [0, 0.05) is 0 Å². The smallest absolute Gasteiger partial charge is 0.309 e. The average molecular weight is 226 g/mol. The average Bonchev–Trinajstić information content (AvgIpc) is 2.26. The van der Waals surface area contributed by atoms with Gasteiger partial charge in [0.1, 0.15) is 0 Å². The third-order valence-electron chi connectivity index (χ3n) is 3.16. The fourth-order valence-electron chi connectivity index (χ4n) is 2.28. The quantitative estimate of drug-likeness (QED) is 0.587. The number of carboxylic acid groups (broad SMARTS) is 1. The maximum absolute atomic E-state index is 11.5. The summed E-state index contributed by atoms with van der Waals surface area (Å²) in [5, 5.41) is 9.23. The Morgan fingerprint density at radius 1 is 1.44 bits per heavy atom. The first kappa shape index (κ1) is 12.7. The standard InChI is InChI=1S/C12H18O4/c1-7(2)8-5-4-6-9(12(15)16-3)10(8)11(13)14/h4-5,7-10H,6H2,1-3H3,(H,13,14). The Kier molecular flexibility index (Phi) is 4.10. The van der Waals surface area contributed by atoms with Crippen LogP contribution in [0.2, 0.25) is 0 Å². The number of methoxy groups -OCH3 is 1. The number of carbonyl (C=O) groups excluding carboxylic acids is 1. The van der Waals surface area contributed by atoms with E-state index in [0.29, 0.717) is 6.42 Å². The number of ether oxygens (including phenoxy) is 1. The molecule has 1 aliphatic rings. The summed E-state index contributed by atoms with van der Waals surface area (Å²) < 4.78 is 4.66. The van der Waals surface area contributed by atoms with Crippen molar-refractivity contribution in [3.8, 4) is 0 Å². The number of rotatable bonds is 3. The molecule has 0 saturated heterocycles. The van der Waals surface area contributed by atoms with Crippen LogP contribution in [0.25, 0.3) is 0 Å².